The number of hydrogen-bond acceptors (Lipinski definition) is 2. The topological polar surface area (TPSA) is 12.0 Å². The van der Waals surface area contributed by atoms with Crippen LogP contribution in [-0.4, -0.2) is 7.05 Å². The summed E-state index contributed by atoms with van der Waals surface area (Å²) < 4.78 is 12.7. The van der Waals surface area contributed by atoms with Gasteiger partial charge in [-0.05, 0) is 18.2 Å². The van der Waals surface area contributed by atoms with E-state index in [9.17, 15) is 4.39 Å². The molecule has 0 fully saturated rings. The molecule has 0 aliphatic carbocycles. The van der Waals surface area contributed by atoms with E-state index in [0.29, 0.717) is 10.5 Å². The molecule has 1 aromatic rings. The quantitative estimate of drug-likeness (QED) is 0.672. The third kappa shape index (κ3) is 1.80. The molecule has 0 saturated carbocycles. The lowest BCUT2D eigenvalue weighted by atomic mass is 10.1. The van der Waals surface area contributed by atoms with Crippen LogP contribution in [0.15, 0.2) is 24.8 Å². The highest BCUT2D eigenvalue weighted by atomic mass is 32.1. The minimum Gasteiger partial charge on any atom is -0.388 e. The number of thiol groups is 1. The molecule has 1 nitrogen and oxygen atoms in total. The summed E-state index contributed by atoms with van der Waals surface area (Å²) in [5, 5.41) is 2.93. The zero-order chi connectivity index (χ0) is 9.14. The summed E-state index contributed by atoms with van der Waals surface area (Å²) in [7, 11) is 1.77. The van der Waals surface area contributed by atoms with Crippen molar-refractivity contribution in [1.29, 1.82) is 0 Å². The maximum atomic E-state index is 12.7. The number of rotatable bonds is 2. The molecule has 0 aromatic heterocycles. The van der Waals surface area contributed by atoms with Crippen LogP contribution in [0, 0.1) is 5.82 Å². The molecule has 1 aromatic carbocycles. The summed E-state index contributed by atoms with van der Waals surface area (Å²) in [5.74, 6) is -0.279. The van der Waals surface area contributed by atoms with Gasteiger partial charge in [0.05, 0.1) is 0 Å². The van der Waals surface area contributed by atoms with E-state index < -0.39 is 0 Å². The van der Waals surface area contributed by atoms with Gasteiger partial charge in [-0.15, -0.1) is 12.6 Å². The normalized spacial score (nSPS) is 9.58. The summed E-state index contributed by atoms with van der Waals surface area (Å²) in [4.78, 5) is 0.554. The minimum absolute atomic E-state index is 0.279. The molecule has 0 spiro atoms. The maximum Gasteiger partial charge on any atom is 0.123 e. The highest BCUT2D eigenvalue weighted by Crippen LogP contribution is 2.25. The molecular formula is C9H10FNS. The molecule has 0 aliphatic heterocycles. The van der Waals surface area contributed by atoms with Crippen LogP contribution in [0.2, 0.25) is 0 Å². The second kappa shape index (κ2) is 3.63. The van der Waals surface area contributed by atoms with Gasteiger partial charge in [0.2, 0.25) is 0 Å². The first-order valence-corrected chi connectivity index (χ1v) is 3.95. The highest BCUT2D eigenvalue weighted by Gasteiger charge is 2.02. The van der Waals surface area contributed by atoms with Crippen molar-refractivity contribution in [3.8, 4) is 0 Å². The van der Waals surface area contributed by atoms with E-state index in [1.54, 1.807) is 13.1 Å². The van der Waals surface area contributed by atoms with Crippen molar-refractivity contribution < 1.29 is 4.39 Å². The molecule has 3 heteroatoms. The Morgan fingerprint density at radius 1 is 1.58 bits per heavy atom. The van der Waals surface area contributed by atoms with Crippen molar-refractivity contribution in [2.45, 2.75) is 0 Å². The first-order valence-electron chi connectivity index (χ1n) is 3.50. The molecule has 0 amide bonds. The largest absolute Gasteiger partial charge is 0.388 e. The molecule has 0 bridgehead atoms. The van der Waals surface area contributed by atoms with Gasteiger partial charge in [-0.25, -0.2) is 4.39 Å². The van der Waals surface area contributed by atoms with Gasteiger partial charge in [0.25, 0.3) is 0 Å². The van der Waals surface area contributed by atoms with Crippen LogP contribution >= 0.6 is 12.6 Å². The van der Waals surface area contributed by atoms with E-state index in [-0.39, 0.29) is 5.82 Å². The fourth-order valence-corrected chi connectivity index (χ4v) is 1.16. The van der Waals surface area contributed by atoms with Crippen molar-refractivity contribution in [3.63, 3.8) is 0 Å². The van der Waals surface area contributed by atoms with Gasteiger partial charge in [0.15, 0.2) is 0 Å². The number of benzene rings is 1. The fraction of sp³-hybridized carbons (Fsp3) is 0.111. The van der Waals surface area contributed by atoms with Crippen LogP contribution in [0.5, 0.6) is 0 Å². The SMILES string of the molecule is C=C(S)c1cc(F)ccc1NC. The molecule has 0 unspecified atom stereocenters. The number of anilines is 1. The van der Waals surface area contributed by atoms with E-state index in [1.165, 1.54) is 12.1 Å². The van der Waals surface area contributed by atoms with E-state index in [1.807, 2.05) is 0 Å². The van der Waals surface area contributed by atoms with E-state index in [4.69, 9.17) is 0 Å². The van der Waals surface area contributed by atoms with Gasteiger partial charge < -0.3 is 5.32 Å². The standard InChI is InChI=1S/C9H10FNS/c1-6(12)8-5-7(10)3-4-9(8)11-2/h3-5,11-12H,1H2,2H3. The van der Waals surface area contributed by atoms with Gasteiger partial charge in [0.1, 0.15) is 5.82 Å². The van der Waals surface area contributed by atoms with Crippen molar-refractivity contribution in [1.82, 2.24) is 0 Å². The Labute approximate surface area is 76.7 Å². The fourth-order valence-electron chi connectivity index (χ4n) is 0.973. The Morgan fingerprint density at radius 3 is 2.75 bits per heavy atom. The van der Waals surface area contributed by atoms with Crippen LogP contribution in [0.3, 0.4) is 0 Å². The Morgan fingerprint density at radius 2 is 2.25 bits per heavy atom. The van der Waals surface area contributed by atoms with Crippen molar-refractivity contribution in [2.24, 2.45) is 0 Å². The van der Waals surface area contributed by atoms with E-state index >= 15 is 0 Å². The second-order valence-electron chi connectivity index (χ2n) is 2.39. The smallest absolute Gasteiger partial charge is 0.123 e. The first-order chi connectivity index (χ1) is 5.65. The molecule has 1 N–H and O–H groups in total. The van der Waals surface area contributed by atoms with E-state index in [0.717, 1.165) is 5.69 Å². The third-order valence-corrected chi connectivity index (χ3v) is 1.80. The molecule has 64 valence electrons. The zero-order valence-corrected chi connectivity index (χ0v) is 7.66. The number of nitrogens with one attached hydrogen (secondary N) is 1. The van der Waals surface area contributed by atoms with Crippen molar-refractivity contribution in [2.75, 3.05) is 12.4 Å². The predicted molar refractivity (Wildman–Crippen MR) is 54.0 cm³/mol. The summed E-state index contributed by atoms with van der Waals surface area (Å²) in [6.45, 7) is 3.63. The highest BCUT2D eigenvalue weighted by molar-refractivity contribution is 7.90. The summed E-state index contributed by atoms with van der Waals surface area (Å²) in [6.07, 6.45) is 0. The summed E-state index contributed by atoms with van der Waals surface area (Å²) >= 11 is 4.06. The van der Waals surface area contributed by atoms with Gasteiger partial charge in [0, 0.05) is 23.2 Å². The average Bonchev–Trinajstić information content (AvgIpc) is 2.04. The van der Waals surface area contributed by atoms with Crippen LogP contribution < -0.4 is 5.32 Å². The lowest BCUT2D eigenvalue weighted by molar-refractivity contribution is 0.627. The van der Waals surface area contributed by atoms with Crippen molar-refractivity contribution in [3.05, 3.63) is 36.2 Å². The summed E-state index contributed by atoms with van der Waals surface area (Å²) in [6, 6.07) is 4.46. The Balaban J connectivity index is 3.21. The molecular weight excluding hydrogens is 173 g/mol. The zero-order valence-electron chi connectivity index (χ0n) is 6.76. The maximum absolute atomic E-state index is 12.7. The Bertz CT molecular complexity index is 309. The minimum atomic E-state index is -0.279. The lowest BCUT2D eigenvalue weighted by Crippen LogP contribution is -1.93. The molecule has 0 saturated heterocycles. The summed E-state index contributed by atoms with van der Waals surface area (Å²) in [5.41, 5.74) is 1.53. The van der Waals surface area contributed by atoms with Gasteiger partial charge in [-0.1, -0.05) is 6.58 Å². The third-order valence-electron chi connectivity index (χ3n) is 1.56. The predicted octanol–water partition coefficient (Wildman–Crippen LogP) is 2.77. The Kier molecular flexibility index (Phi) is 2.76. The molecule has 0 aliphatic rings. The number of halogens is 1. The van der Waals surface area contributed by atoms with Crippen LogP contribution in [0.4, 0.5) is 10.1 Å². The molecule has 0 heterocycles. The van der Waals surface area contributed by atoms with Crippen LogP contribution in [0.1, 0.15) is 5.56 Å². The average molecular weight is 183 g/mol. The van der Waals surface area contributed by atoms with Gasteiger partial charge >= 0.3 is 0 Å². The molecule has 0 radical (unpaired) electrons. The van der Waals surface area contributed by atoms with Crippen molar-refractivity contribution >= 4 is 23.2 Å². The first kappa shape index (κ1) is 9.13. The van der Waals surface area contributed by atoms with Gasteiger partial charge in [-0.3, -0.25) is 0 Å². The lowest BCUT2D eigenvalue weighted by Gasteiger charge is -2.07. The second-order valence-corrected chi connectivity index (χ2v) is 2.93. The Hall–Kier alpha value is -0.960. The molecule has 1 rings (SSSR count). The van der Waals surface area contributed by atoms with Gasteiger partial charge in [-0.2, -0.15) is 0 Å². The van der Waals surface area contributed by atoms with Crippen LogP contribution in [0.25, 0.3) is 4.91 Å². The molecule has 12 heavy (non-hydrogen) atoms. The van der Waals surface area contributed by atoms with E-state index in [2.05, 4.69) is 24.5 Å². The molecule has 0 atom stereocenters. The number of hydrogen-bond donors (Lipinski definition) is 2. The monoisotopic (exact) mass is 183 g/mol. The van der Waals surface area contributed by atoms with Crippen LogP contribution in [-0.2, 0) is 0 Å².